The van der Waals surface area contributed by atoms with E-state index in [0.717, 1.165) is 32.5 Å². The maximum absolute atomic E-state index is 12.4. The van der Waals surface area contributed by atoms with Gasteiger partial charge in [-0.15, -0.1) is 0 Å². The van der Waals surface area contributed by atoms with Crippen LogP contribution < -0.4 is 5.32 Å². The Balaban J connectivity index is 1.42. The minimum atomic E-state index is -0.404. The number of ether oxygens (including phenoxy) is 2. The van der Waals surface area contributed by atoms with Crippen LogP contribution in [0.5, 0.6) is 0 Å². The molecule has 126 valence electrons. The van der Waals surface area contributed by atoms with Gasteiger partial charge in [-0.25, -0.2) is 4.79 Å². The van der Waals surface area contributed by atoms with Crippen LogP contribution in [-0.4, -0.2) is 73.6 Å². The summed E-state index contributed by atoms with van der Waals surface area (Å²) in [6.45, 7) is 8.00. The van der Waals surface area contributed by atoms with Crippen LogP contribution in [0.2, 0.25) is 0 Å². The predicted molar refractivity (Wildman–Crippen MR) is 83.7 cm³/mol. The highest BCUT2D eigenvalue weighted by molar-refractivity contribution is 5.74. The normalized spacial score (nSPS) is 29.0. The van der Waals surface area contributed by atoms with Gasteiger partial charge in [0.25, 0.3) is 0 Å². The van der Waals surface area contributed by atoms with E-state index in [1.165, 1.54) is 19.3 Å². The van der Waals surface area contributed by atoms with Crippen molar-refractivity contribution in [3.63, 3.8) is 0 Å². The number of urea groups is 1. The van der Waals surface area contributed by atoms with Crippen LogP contribution in [0.1, 0.15) is 39.0 Å². The van der Waals surface area contributed by atoms with E-state index < -0.39 is 5.79 Å². The molecule has 0 bridgehead atoms. The van der Waals surface area contributed by atoms with Crippen LogP contribution >= 0.6 is 0 Å². The van der Waals surface area contributed by atoms with Gasteiger partial charge >= 0.3 is 6.03 Å². The Morgan fingerprint density at radius 3 is 2.59 bits per heavy atom. The van der Waals surface area contributed by atoms with Crippen LogP contribution in [0, 0.1) is 0 Å². The van der Waals surface area contributed by atoms with Crippen molar-refractivity contribution in [2.45, 2.75) is 50.9 Å². The highest BCUT2D eigenvalue weighted by atomic mass is 16.7. The quantitative estimate of drug-likeness (QED) is 0.856. The molecular weight excluding hydrogens is 282 g/mol. The van der Waals surface area contributed by atoms with Crippen LogP contribution in [0.3, 0.4) is 0 Å². The number of carbonyl (C=O) groups excluding carboxylic acids is 1. The predicted octanol–water partition coefficient (Wildman–Crippen LogP) is 1.41. The molecule has 22 heavy (non-hydrogen) atoms. The minimum Gasteiger partial charge on any atom is -0.347 e. The summed E-state index contributed by atoms with van der Waals surface area (Å²) in [5, 5.41) is 3.13. The summed E-state index contributed by atoms with van der Waals surface area (Å²) in [4.78, 5) is 16.7. The van der Waals surface area contributed by atoms with Gasteiger partial charge in [-0.05, 0) is 25.9 Å². The Morgan fingerprint density at radius 1 is 1.18 bits per heavy atom. The van der Waals surface area contributed by atoms with Gasteiger partial charge in [-0.1, -0.05) is 13.3 Å². The van der Waals surface area contributed by atoms with Gasteiger partial charge in [0.15, 0.2) is 5.79 Å². The van der Waals surface area contributed by atoms with Crippen LogP contribution in [0.4, 0.5) is 4.79 Å². The molecule has 0 radical (unpaired) electrons. The maximum Gasteiger partial charge on any atom is 0.317 e. The second kappa shape index (κ2) is 7.15. The van der Waals surface area contributed by atoms with Gasteiger partial charge < -0.3 is 19.7 Å². The molecule has 0 aromatic heterocycles. The van der Waals surface area contributed by atoms with E-state index in [4.69, 9.17) is 9.47 Å². The van der Waals surface area contributed by atoms with Gasteiger partial charge in [0.05, 0.1) is 13.2 Å². The summed E-state index contributed by atoms with van der Waals surface area (Å²) in [5.74, 6) is -0.404. The SMILES string of the molecule is CCN1CCCCC1CNC(=O)N1CCC2(CC1)OCCO2. The second-order valence-electron chi connectivity index (χ2n) is 6.56. The van der Waals surface area contributed by atoms with Crippen molar-refractivity contribution in [2.24, 2.45) is 0 Å². The molecule has 3 rings (SSSR count). The fourth-order valence-corrected chi connectivity index (χ4v) is 3.86. The van der Waals surface area contributed by atoms with E-state index in [-0.39, 0.29) is 6.03 Å². The smallest absolute Gasteiger partial charge is 0.317 e. The van der Waals surface area contributed by atoms with E-state index in [9.17, 15) is 4.79 Å². The summed E-state index contributed by atoms with van der Waals surface area (Å²) in [5.41, 5.74) is 0. The van der Waals surface area contributed by atoms with Crippen molar-refractivity contribution in [2.75, 3.05) is 45.9 Å². The molecule has 3 heterocycles. The van der Waals surface area contributed by atoms with Crippen molar-refractivity contribution < 1.29 is 14.3 Å². The summed E-state index contributed by atoms with van der Waals surface area (Å²) < 4.78 is 11.4. The molecule has 1 spiro atoms. The molecule has 3 aliphatic heterocycles. The summed E-state index contributed by atoms with van der Waals surface area (Å²) in [7, 11) is 0. The number of nitrogens with zero attached hydrogens (tertiary/aromatic N) is 2. The molecular formula is C16H29N3O3. The van der Waals surface area contributed by atoms with Crippen molar-refractivity contribution in [1.29, 1.82) is 0 Å². The van der Waals surface area contributed by atoms with Crippen molar-refractivity contribution in [3.8, 4) is 0 Å². The fourth-order valence-electron chi connectivity index (χ4n) is 3.86. The lowest BCUT2D eigenvalue weighted by atomic mass is 10.0. The van der Waals surface area contributed by atoms with E-state index in [1.54, 1.807) is 0 Å². The lowest BCUT2D eigenvalue weighted by Gasteiger charge is -2.38. The first-order chi connectivity index (χ1) is 10.7. The van der Waals surface area contributed by atoms with Gasteiger partial charge in [0.2, 0.25) is 0 Å². The number of likely N-dealkylation sites (N-methyl/N-ethyl adjacent to an activating group) is 1. The molecule has 2 amide bonds. The molecule has 6 nitrogen and oxygen atoms in total. The molecule has 0 aromatic carbocycles. The molecule has 3 saturated heterocycles. The number of nitrogens with one attached hydrogen (secondary N) is 1. The third-order valence-corrected chi connectivity index (χ3v) is 5.27. The van der Waals surface area contributed by atoms with E-state index in [0.29, 0.717) is 32.3 Å². The fraction of sp³-hybridized carbons (Fsp3) is 0.938. The number of rotatable bonds is 3. The third kappa shape index (κ3) is 3.55. The van der Waals surface area contributed by atoms with E-state index in [2.05, 4.69) is 17.1 Å². The lowest BCUT2D eigenvalue weighted by Crippen LogP contribution is -2.53. The second-order valence-corrected chi connectivity index (χ2v) is 6.56. The Bertz CT molecular complexity index is 375. The van der Waals surface area contributed by atoms with Crippen LogP contribution in [-0.2, 0) is 9.47 Å². The molecule has 1 atom stereocenters. The Morgan fingerprint density at radius 2 is 1.91 bits per heavy atom. The highest BCUT2D eigenvalue weighted by Gasteiger charge is 2.40. The summed E-state index contributed by atoms with van der Waals surface area (Å²) >= 11 is 0. The largest absolute Gasteiger partial charge is 0.347 e. The lowest BCUT2D eigenvalue weighted by molar-refractivity contribution is -0.181. The first-order valence-electron chi connectivity index (χ1n) is 8.77. The topological polar surface area (TPSA) is 54.0 Å². The molecule has 3 aliphatic rings. The molecule has 0 aliphatic carbocycles. The van der Waals surface area contributed by atoms with Gasteiger partial charge in [0.1, 0.15) is 0 Å². The molecule has 6 heteroatoms. The Labute approximate surface area is 133 Å². The van der Waals surface area contributed by atoms with Gasteiger partial charge in [-0.2, -0.15) is 0 Å². The number of hydrogen-bond donors (Lipinski definition) is 1. The standard InChI is InChI=1S/C16H29N3O3/c1-2-18-8-4-3-5-14(18)13-17-15(20)19-9-6-16(7-10-19)21-11-12-22-16/h14H,2-13H2,1H3,(H,17,20). The Kier molecular flexibility index (Phi) is 5.21. The molecule has 0 aromatic rings. The maximum atomic E-state index is 12.4. The number of carbonyl (C=O) groups is 1. The molecule has 1 unspecified atom stereocenters. The number of hydrogen-bond acceptors (Lipinski definition) is 4. The van der Waals surface area contributed by atoms with Crippen LogP contribution in [0.15, 0.2) is 0 Å². The van der Waals surface area contributed by atoms with E-state index in [1.807, 2.05) is 4.90 Å². The van der Waals surface area contributed by atoms with Crippen molar-refractivity contribution in [3.05, 3.63) is 0 Å². The van der Waals surface area contributed by atoms with Crippen molar-refractivity contribution >= 4 is 6.03 Å². The van der Waals surface area contributed by atoms with Gasteiger partial charge in [-0.3, -0.25) is 4.90 Å². The number of likely N-dealkylation sites (tertiary alicyclic amines) is 2. The molecule has 3 fully saturated rings. The summed E-state index contributed by atoms with van der Waals surface area (Å²) in [6.07, 6.45) is 5.32. The zero-order valence-corrected chi connectivity index (χ0v) is 13.7. The first-order valence-corrected chi connectivity index (χ1v) is 8.77. The van der Waals surface area contributed by atoms with Gasteiger partial charge in [0, 0.05) is 38.5 Å². The zero-order valence-electron chi connectivity index (χ0n) is 13.7. The first kappa shape index (κ1) is 16.0. The minimum absolute atomic E-state index is 0.0643. The van der Waals surface area contributed by atoms with E-state index >= 15 is 0 Å². The van der Waals surface area contributed by atoms with Crippen LogP contribution in [0.25, 0.3) is 0 Å². The number of piperidine rings is 2. The third-order valence-electron chi connectivity index (χ3n) is 5.27. The average Bonchev–Trinajstić information content (AvgIpc) is 3.01. The highest BCUT2D eigenvalue weighted by Crippen LogP contribution is 2.31. The molecule has 0 saturated carbocycles. The monoisotopic (exact) mass is 311 g/mol. The Hall–Kier alpha value is -0.850. The molecule has 1 N–H and O–H groups in total. The summed E-state index contributed by atoms with van der Waals surface area (Å²) in [6, 6.07) is 0.565. The van der Waals surface area contributed by atoms with Crippen molar-refractivity contribution in [1.82, 2.24) is 15.1 Å². The number of amides is 2. The average molecular weight is 311 g/mol. The zero-order chi connectivity index (χ0) is 15.4.